The van der Waals surface area contributed by atoms with Crippen molar-refractivity contribution in [2.24, 2.45) is 0 Å². The van der Waals surface area contributed by atoms with Gasteiger partial charge in [-0.3, -0.25) is 14.5 Å². The molecular formula is C24H29ClN4O5S. The Kier molecular flexibility index (Phi) is 8.27. The molecule has 9 nitrogen and oxygen atoms in total. The Labute approximate surface area is 210 Å². The Morgan fingerprint density at radius 1 is 1.11 bits per heavy atom. The molecule has 2 aromatic carbocycles. The molecule has 0 radical (unpaired) electrons. The van der Waals surface area contributed by atoms with Crippen molar-refractivity contribution >= 4 is 44.6 Å². The van der Waals surface area contributed by atoms with E-state index in [0.29, 0.717) is 34.1 Å². The van der Waals surface area contributed by atoms with Crippen molar-refractivity contribution in [3.63, 3.8) is 0 Å². The molecule has 1 fully saturated rings. The van der Waals surface area contributed by atoms with Gasteiger partial charge in [0.1, 0.15) is 6.04 Å². The van der Waals surface area contributed by atoms with Gasteiger partial charge in [0.2, 0.25) is 5.91 Å². The Hall–Kier alpha value is -2.66. The summed E-state index contributed by atoms with van der Waals surface area (Å²) < 4.78 is 30.7. The summed E-state index contributed by atoms with van der Waals surface area (Å²) in [4.78, 5) is 27.5. The fourth-order valence-corrected chi connectivity index (χ4v) is 5.77. The third-order valence-corrected chi connectivity index (χ3v) is 7.81. The van der Waals surface area contributed by atoms with Gasteiger partial charge >= 0.3 is 0 Å². The first-order valence-electron chi connectivity index (χ1n) is 11.5. The summed E-state index contributed by atoms with van der Waals surface area (Å²) in [5.74, 6) is -1.23. The number of carbonyl (C=O) groups excluding carboxylic acids is 2. The number of hydrogen-bond acceptors (Lipinski definition) is 7. The summed E-state index contributed by atoms with van der Waals surface area (Å²) >= 11 is 5.85. The monoisotopic (exact) mass is 520 g/mol. The smallest absolute Gasteiger partial charge is 0.251 e. The van der Waals surface area contributed by atoms with Gasteiger partial charge < -0.3 is 20.7 Å². The number of sulfone groups is 1. The van der Waals surface area contributed by atoms with E-state index < -0.39 is 21.8 Å². The summed E-state index contributed by atoms with van der Waals surface area (Å²) in [7, 11) is -3.57. The SMILES string of the molecule is O=C(NCCCN1CCOCC1)c1ccc2c(c1)NC(=O)[C@H](CS(=O)(=O)Cc1ccc(Cl)cc1)N2. The highest BCUT2D eigenvalue weighted by atomic mass is 35.5. The summed E-state index contributed by atoms with van der Waals surface area (Å²) in [5.41, 5.74) is 2.04. The average Bonchev–Trinajstić information content (AvgIpc) is 2.83. The minimum Gasteiger partial charge on any atom is -0.379 e. The number of nitrogens with zero attached hydrogens (tertiary/aromatic N) is 1. The van der Waals surface area contributed by atoms with E-state index in [9.17, 15) is 18.0 Å². The molecule has 0 saturated carbocycles. The molecule has 188 valence electrons. The number of rotatable bonds is 9. The van der Waals surface area contributed by atoms with E-state index in [4.69, 9.17) is 16.3 Å². The van der Waals surface area contributed by atoms with Crippen molar-refractivity contribution in [1.82, 2.24) is 10.2 Å². The molecule has 4 rings (SSSR count). The standard InChI is InChI=1S/C24H29ClN4O5S/c25-19-5-2-17(3-6-19)15-35(32,33)16-22-24(31)28-21-14-18(4-7-20(21)27-22)23(30)26-8-1-9-29-10-12-34-13-11-29/h2-7,14,22,27H,1,8-13,15-16H2,(H,26,30)(H,28,31)/t22-/m0/s1. The van der Waals surface area contributed by atoms with Crippen LogP contribution >= 0.6 is 11.6 Å². The topological polar surface area (TPSA) is 117 Å². The Morgan fingerprint density at radius 3 is 2.60 bits per heavy atom. The third kappa shape index (κ3) is 7.17. The predicted molar refractivity (Wildman–Crippen MR) is 136 cm³/mol. The van der Waals surface area contributed by atoms with E-state index in [1.807, 2.05) is 0 Å². The van der Waals surface area contributed by atoms with Crippen LogP contribution in [0.25, 0.3) is 0 Å². The van der Waals surface area contributed by atoms with Crippen LogP contribution in [0.15, 0.2) is 42.5 Å². The number of amides is 2. The Balaban J connectivity index is 1.30. The molecule has 3 N–H and O–H groups in total. The highest BCUT2D eigenvalue weighted by Gasteiger charge is 2.30. The first kappa shape index (κ1) is 25.4. The number of anilines is 2. The molecule has 0 aromatic heterocycles. The number of carbonyl (C=O) groups is 2. The zero-order valence-electron chi connectivity index (χ0n) is 19.3. The zero-order valence-corrected chi connectivity index (χ0v) is 20.8. The predicted octanol–water partition coefficient (Wildman–Crippen LogP) is 2.14. The fraction of sp³-hybridized carbons (Fsp3) is 0.417. The van der Waals surface area contributed by atoms with Crippen LogP contribution in [0.5, 0.6) is 0 Å². The Bertz CT molecular complexity index is 1170. The highest BCUT2D eigenvalue weighted by Crippen LogP contribution is 2.28. The average molecular weight is 521 g/mol. The molecule has 2 aliphatic rings. The van der Waals surface area contributed by atoms with Crippen molar-refractivity contribution < 1.29 is 22.7 Å². The largest absolute Gasteiger partial charge is 0.379 e. The van der Waals surface area contributed by atoms with Gasteiger partial charge in [0.05, 0.1) is 36.1 Å². The molecule has 35 heavy (non-hydrogen) atoms. The second-order valence-corrected chi connectivity index (χ2v) is 11.2. The minimum atomic E-state index is -3.57. The number of hydrogen-bond donors (Lipinski definition) is 3. The molecule has 0 bridgehead atoms. The van der Waals surface area contributed by atoms with Crippen LogP contribution in [-0.2, 0) is 25.1 Å². The first-order chi connectivity index (χ1) is 16.8. The van der Waals surface area contributed by atoms with Crippen molar-refractivity contribution in [1.29, 1.82) is 0 Å². The lowest BCUT2D eigenvalue weighted by molar-refractivity contribution is -0.116. The molecule has 2 heterocycles. The van der Waals surface area contributed by atoms with Gasteiger partial charge in [-0.15, -0.1) is 0 Å². The maximum atomic E-state index is 12.7. The van der Waals surface area contributed by atoms with E-state index in [-0.39, 0.29) is 17.4 Å². The minimum absolute atomic E-state index is 0.187. The summed E-state index contributed by atoms with van der Waals surface area (Å²) in [6.07, 6.45) is 0.834. The molecule has 1 atom stereocenters. The van der Waals surface area contributed by atoms with Gasteiger partial charge in [-0.25, -0.2) is 8.42 Å². The molecule has 0 unspecified atom stereocenters. The van der Waals surface area contributed by atoms with Crippen LogP contribution in [0.1, 0.15) is 22.3 Å². The molecule has 0 spiro atoms. The molecule has 0 aliphatic carbocycles. The van der Waals surface area contributed by atoms with Gasteiger partial charge in [-0.2, -0.15) is 0 Å². The second-order valence-electron chi connectivity index (χ2n) is 8.69. The second kappa shape index (κ2) is 11.4. The molecule has 2 aliphatic heterocycles. The van der Waals surface area contributed by atoms with E-state index in [1.54, 1.807) is 42.5 Å². The van der Waals surface area contributed by atoms with Gasteiger partial charge in [-0.05, 0) is 48.9 Å². The number of halogens is 1. The zero-order chi connectivity index (χ0) is 24.8. The summed E-state index contributed by atoms with van der Waals surface area (Å²) in [6.45, 7) is 4.76. The van der Waals surface area contributed by atoms with Gasteiger partial charge in [-0.1, -0.05) is 23.7 Å². The number of nitrogens with one attached hydrogen (secondary N) is 3. The first-order valence-corrected chi connectivity index (χ1v) is 13.7. The molecule has 1 saturated heterocycles. The van der Waals surface area contributed by atoms with Crippen LogP contribution in [0, 0.1) is 0 Å². The maximum Gasteiger partial charge on any atom is 0.251 e. The van der Waals surface area contributed by atoms with E-state index in [2.05, 4.69) is 20.9 Å². The summed E-state index contributed by atoms with van der Waals surface area (Å²) in [6, 6.07) is 10.6. The Morgan fingerprint density at radius 2 is 1.86 bits per heavy atom. The number of benzene rings is 2. The highest BCUT2D eigenvalue weighted by molar-refractivity contribution is 7.90. The third-order valence-electron chi connectivity index (χ3n) is 5.95. The van der Waals surface area contributed by atoms with Gasteiger partial charge in [0.25, 0.3) is 5.91 Å². The molecule has 2 amide bonds. The lowest BCUT2D eigenvalue weighted by atomic mass is 10.1. The number of ether oxygens (including phenoxy) is 1. The molecule has 2 aromatic rings. The number of fused-ring (bicyclic) bond motifs is 1. The summed E-state index contributed by atoms with van der Waals surface area (Å²) in [5, 5.41) is 9.15. The normalized spacial score (nSPS) is 18.3. The lowest BCUT2D eigenvalue weighted by Gasteiger charge is -2.27. The van der Waals surface area contributed by atoms with Crippen LogP contribution < -0.4 is 16.0 Å². The van der Waals surface area contributed by atoms with Crippen molar-refractivity contribution in [2.75, 3.05) is 55.8 Å². The van der Waals surface area contributed by atoms with Gasteiger partial charge in [0.15, 0.2) is 9.84 Å². The van der Waals surface area contributed by atoms with Crippen LogP contribution in [-0.4, -0.2) is 76.3 Å². The van der Waals surface area contributed by atoms with Crippen molar-refractivity contribution in [2.45, 2.75) is 18.2 Å². The number of morpholine rings is 1. The van der Waals surface area contributed by atoms with Gasteiger partial charge in [0, 0.05) is 30.2 Å². The maximum absolute atomic E-state index is 12.7. The van der Waals surface area contributed by atoms with Crippen LogP contribution in [0.3, 0.4) is 0 Å². The fourth-order valence-electron chi connectivity index (χ4n) is 4.08. The van der Waals surface area contributed by atoms with Crippen molar-refractivity contribution in [3.8, 4) is 0 Å². The van der Waals surface area contributed by atoms with Crippen molar-refractivity contribution in [3.05, 3.63) is 58.6 Å². The van der Waals surface area contributed by atoms with E-state index in [0.717, 1.165) is 39.3 Å². The lowest BCUT2D eigenvalue weighted by Crippen LogP contribution is -2.43. The van der Waals surface area contributed by atoms with Crippen LogP contribution in [0.4, 0.5) is 11.4 Å². The molecule has 11 heteroatoms. The van der Waals surface area contributed by atoms with E-state index >= 15 is 0 Å². The molecular weight excluding hydrogens is 492 g/mol. The van der Waals surface area contributed by atoms with E-state index in [1.165, 1.54) is 0 Å². The quantitative estimate of drug-likeness (QED) is 0.434. The van der Waals surface area contributed by atoms with Crippen LogP contribution in [0.2, 0.25) is 5.02 Å².